The Morgan fingerprint density at radius 2 is 0.853 bits per heavy atom. The van der Waals surface area contributed by atoms with Crippen molar-refractivity contribution in [2.24, 2.45) is 0 Å². The Morgan fingerprint density at radius 1 is 0.529 bits per heavy atom. The van der Waals surface area contributed by atoms with Crippen LogP contribution >= 0.6 is 0 Å². The summed E-state index contributed by atoms with van der Waals surface area (Å²) in [5.74, 6) is -0.757. The number of carboxylic acids is 1. The van der Waals surface area contributed by atoms with Crippen molar-refractivity contribution < 1.29 is 29.2 Å². The van der Waals surface area contributed by atoms with Crippen LogP contribution in [0.5, 0.6) is 0 Å². The summed E-state index contributed by atoms with van der Waals surface area (Å²) in [7, 11) is 0. The summed E-state index contributed by atoms with van der Waals surface area (Å²) in [4.78, 5) is 32.6. The monoisotopic (exact) mass is 486 g/mol. The number of hydrogen-bond donors (Lipinski definition) is 1. The Labute approximate surface area is 209 Å². The van der Waals surface area contributed by atoms with Crippen molar-refractivity contribution in [1.29, 1.82) is 0 Å². The van der Waals surface area contributed by atoms with E-state index in [4.69, 9.17) is 19.6 Å². The van der Waals surface area contributed by atoms with Gasteiger partial charge in [0.1, 0.15) is 5.60 Å². The SMILES string of the molecule is CC(C)(C)OC(=O)CCCCCCCCCCCOOCCCCCCCCCCCC(=O)O. The summed E-state index contributed by atoms with van der Waals surface area (Å²) in [6.07, 6.45) is 21.6. The summed E-state index contributed by atoms with van der Waals surface area (Å²) < 4.78 is 5.32. The van der Waals surface area contributed by atoms with Gasteiger partial charge in [-0.05, 0) is 46.5 Å². The molecule has 0 aliphatic rings. The van der Waals surface area contributed by atoms with Crippen LogP contribution in [0.2, 0.25) is 0 Å². The van der Waals surface area contributed by atoms with E-state index in [0.29, 0.717) is 26.1 Å². The normalized spacial score (nSPS) is 11.6. The van der Waals surface area contributed by atoms with E-state index in [1.165, 1.54) is 70.6 Å². The van der Waals surface area contributed by atoms with Crippen molar-refractivity contribution >= 4 is 11.9 Å². The van der Waals surface area contributed by atoms with E-state index in [0.717, 1.165) is 44.9 Å². The standard InChI is InChI=1S/C28H54O6/c1-28(2,3)34-27(31)23-19-15-11-7-5-9-13-17-21-25-33-32-24-20-16-12-8-4-6-10-14-18-22-26(29)30/h4-25H2,1-3H3,(H,29,30). The van der Waals surface area contributed by atoms with Crippen molar-refractivity contribution in [3.05, 3.63) is 0 Å². The molecule has 0 aromatic carbocycles. The molecule has 202 valence electrons. The number of ether oxygens (including phenoxy) is 1. The predicted molar refractivity (Wildman–Crippen MR) is 138 cm³/mol. The zero-order chi connectivity index (χ0) is 25.3. The third kappa shape index (κ3) is 28.9. The zero-order valence-corrected chi connectivity index (χ0v) is 22.5. The lowest BCUT2D eigenvalue weighted by atomic mass is 10.1. The molecule has 0 spiro atoms. The van der Waals surface area contributed by atoms with E-state index < -0.39 is 5.97 Å². The van der Waals surface area contributed by atoms with Gasteiger partial charge in [0.05, 0.1) is 13.2 Å². The molecule has 0 atom stereocenters. The molecule has 34 heavy (non-hydrogen) atoms. The van der Waals surface area contributed by atoms with Crippen molar-refractivity contribution in [2.75, 3.05) is 13.2 Å². The minimum absolute atomic E-state index is 0.0755. The summed E-state index contributed by atoms with van der Waals surface area (Å²) in [5.41, 5.74) is -0.372. The van der Waals surface area contributed by atoms with Gasteiger partial charge < -0.3 is 9.84 Å². The molecule has 0 aromatic rings. The first-order valence-electron chi connectivity index (χ1n) is 14.0. The molecule has 0 aliphatic heterocycles. The largest absolute Gasteiger partial charge is 0.481 e. The molecule has 0 aromatic heterocycles. The van der Waals surface area contributed by atoms with Crippen LogP contribution in [0.15, 0.2) is 0 Å². The van der Waals surface area contributed by atoms with Gasteiger partial charge in [-0.1, -0.05) is 89.9 Å². The average Bonchev–Trinajstić information content (AvgIpc) is 2.75. The molecule has 0 heterocycles. The highest BCUT2D eigenvalue weighted by Crippen LogP contribution is 2.14. The number of carbonyl (C=O) groups excluding carboxylic acids is 1. The Morgan fingerprint density at radius 3 is 1.21 bits per heavy atom. The third-order valence-electron chi connectivity index (χ3n) is 5.73. The van der Waals surface area contributed by atoms with Crippen LogP contribution in [0.1, 0.15) is 149 Å². The fraction of sp³-hybridized carbons (Fsp3) is 0.929. The van der Waals surface area contributed by atoms with Gasteiger partial charge in [-0.25, -0.2) is 9.78 Å². The van der Waals surface area contributed by atoms with Crippen LogP contribution in [0.25, 0.3) is 0 Å². The summed E-state index contributed by atoms with van der Waals surface area (Å²) in [5, 5.41) is 8.59. The summed E-state index contributed by atoms with van der Waals surface area (Å²) in [6, 6.07) is 0. The fourth-order valence-corrected chi connectivity index (χ4v) is 3.85. The second kappa shape index (κ2) is 23.6. The number of carboxylic acid groups (broad SMARTS) is 1. The maximum Gasteiger partial charge on any atom is 0.306 e. The third-order valence-corrected chi connectivity index (χ3v) is 5.73. The highest BCUT2D eigenvalue weighted by Gasteiger charge is 2.15. The lowest BCUT2D eigenvalue weighted by Gasteiger charge is -2.19. The van der Waals surface area contributed by atoms with Gasteiger partial charge in [-0.3, -0.25) is 9.59 Å². The molecular formula is C28H54O6. The molecule has 1 N–H and O–H groups in total. The van der Waals surface area contributed by atoms with Gasteiger partial charge >= 0.3 is 11.9 Å². The Kier molecular flexibility index (Phi) is 22.8. The fourth-order valence-electron chi connectivity index (χ4n) is 3.85. The number of esters is 1. The smallest absolute Gasteiger partial charge is 0.306 e. The van der Waals surface area contributed by atoms with Crippen molar-refractivity contribution in [2.45, 2.75) is 155 Å². The van der Waals surface area contributed by atoms with Gasteiger partial charge in [0.2, 0.25) is 0 Å². The lowest BCUT2D eigenvalue weighted by molar-refractivity contribution is -0.295. The molecule has 0 unspecified atom stereocenters. The number of carbonyl (C=O) groups is 2. The molecule has 6 heteroatoms. The minimum atomic E-state index is -0.682. The molecule has 0 fully saturated rings. The quantitative estimate of drug-likeness (QED) is 0.0606. The molecular weight excluding hydrogens is 432 g/mol. The summed E-state index contributed by atoms with van der Waals surface area (Å²) in [6.45, 7) is 7.10. The van der Waals surface area contributed by atoms with E-state index in [1.807, 2.05) is 20.8 Å². The Bertz CT molecular complexity index is 472. The zero-order valence-electron chi connectivity index (χ0n) is 22.5. The predicted octanol–water partition coefficient (Wildman–Crippen LogP) is 8.16. The number of hydrogen-bond acceptors (Lipinski definition) is 5. The van der Waals surface area contributed by atoms with Crippen molar-refractivity contribution in [1.82, 2.24) is 0 Å². The lowest BCUT2D eigenvalue weighted by Crippen LogP contribution is -2.23. The topological polar surface area (TPSA) is 82.1 Å². The van der Waals surface area contributed by atoms with E-state index >= 15 is 0 Å². The maximum atomic E-state index is 11.6. The van der Waals surface area contributed by atoms with Crippen molar-refractivity contribution in [3.8, 4) is 0 Å². The number of rotatable bonds is 25. The van der Waals surface area contributed by atoms with Crippen LogP contribution in [0.4, 0.5) is 0 Å². The molecule has 0 saturated carbocycles. The van der Waals surface area contributed by atoms with Crippen LogP contribution < -0.4 is 0 Å². The Hall–Kier alpha value is -1.14. The molecule has 0 saturated heterocycles. The molecule has 0 rings (SSSR count). The molecule has 0 aliphatic carbocycles. The van der Waals surface area contributed by atoms with Crippen LogP contribution in [0, 0.1) is 0 Å². The van der Waals surface area contributed by atoms with Gasteiger partial charge in [0.25, 0.3) is 0 Å². The highest BCUT2D eigenvalue weighted by atomic mass is 17.2. The van der Waals surface area contributed by atoms with Crippen LogP contribution in [0.3, 0.4) is 0 Å². The molecule has 0 amide bonds. The second-order valence-electron chi connectivity index (χ2n) is 10.5. The molecule has 0 bridgehead atoms. The van der Waals surface area contributed by atoms with Gasteiger partial charge in [-0.15, -0.1) is 0 Å². The first-order valence-corrected chi connectivity index (χ1v) is 14.0. The van der Waals surface area contributed by atoms with Gasteiger partial charge in [-0.2, -0.15) is 0 Å². The van der Waals surface area contributed by atoms with E-state index in [9.17, 15) is 9.59 Å². The Balaban J connectivity index is 3.11. The van der Waals surface area contributed by atoms with E-state index in [1.54, 1.807) is 0 Å². The highest BCUT2D eigenvalue weighted by molar-refractivity contribution is 5.69. The first-order chi connectivity index (χ1) is 16.3. The van der Waals surface area contributed by atoms with Crippen LogP contribution in [-0.2, 0) is 24.1 Å². The van der Waals surface area contributed by atoms with E-state index in [2.05, 4.69) is 0 Å². The summed E-state index contributed by atoms with van der Waals surface area (Å²) >= 11 is 0. The molecule has 0 radical (unpaired) electrons. The molecule has 6 nitrogen and oxygen atoms in total. The second-order valence-corrected chi connectivity index (χ2v) is 10.5. The maximum absolute atomic E-state index is 11.6. The van der Waals surface area contributed by atoms with Gasteiger partial charge in [0.15, 0.2) is 0 Å². The number of unbranched alkanes of at least 4 members (excludes halogenated alkanes) is 16. The van der Waals surface area contributed by atoms with Crippen LogP contribution in [-0.4, -0.2) is 35.9 Å². The average molecular weight is 487 g/mol. The first kappa shape index (κ1) is 32.9. The minimum Gasteiger partial charge on any atom is -0.481 e. The van der Waals surface area contributed by atoms with E-state index in [-0.39, 0.29) is 11.6 Å². The van der Waals surface area contributed by atoms with Gasteiger partial charge in [0, 0.05) is 12.8 Å². The number of aliphatic carboxylic acids is 1. The van der Waals surface area contributed by atoms with Crippen molar-refractivity contribution in [3.63, 3.8) is 0 Å².